The van der Waals surface area contributed by atoms with Gasteiger partial charge in [0.25, 0.3) is 0 Å². The molecular formula is C15H19ClN2O3. The summed E-state index contributed by atoms with van der Waals surface area (Å²) in [5.74, 6) is -0.510. The summed E-state index contributed by atoms with van der Waals surface area (Å²) in [7, 11) is 0. The number of carbonyl (C=O) groups excluding carboxylic acids is 1. The molecule has 1 saturated carbocycles. The number of rotatable bonds is 7. The van der Waals surface area contributed by atoms with Crippen molar-refractivity contribution in [1.82, 2.24) is 4.90 Å². The maximum absolute atomic E-state index is 12.1. The molecule has 0 spiro atoms. The molecule has 21 heavy (non-hydrogen) atoms. The summed E-state index contributed by atoms with van der Waals surface area (Å²) in [5.41, 5.74) is 0.434. The molecular weight excluding hydrogens is 292 g/mol. The van der Waals surface area contributed by atoms with E-state index in [0.29, 0.717) is 17.3 Å². The summed E-state index contributed by atoms with van der Waals surface area (Å²) < 4.78 is 0. The Labute approximate surface area is 128 Å². The molecule has 5 nitrogen and oxygen atoms in total. The molecule has 2 N–H and O–H groups in total. The van der Waals surface area contributed by atoms with E-state index in [2.05, 4.69) is 10.2 Å². The highest BCUT2D eigenvalue weighted by atomic mass is 35.5. The Morgan fingerprint density at radius 3 is 2.71 bits per heavy atom. The summed E-state index contributed by atoms with van der Waals surface area (Å²) in [6, 6.07) is 4.26. The Kier molecular flexibility index (Phi) is 5.20. The predicted octanol–water partition coefficient (Wildman–Crippen LogP) is 2.71. The molecule has 1 aromatic rings. The molecule has 0 unspecified atom stereocenters. The van der Waals surface area contributed by atoms with E-state index < -0.39 is 5.97 Å². The third kappa shape index (κ3) is 4.72. The van der Waals surface area contributed by atoms with Crippen LogP contribution in [0.1, 0.15) is 30.1 Å². The lowest BCUT2D eigenvalue weighted by Gasteiger charge is -2.19. The fourth-order valence-electron chi connectivity index (χ4n) is 2.12. The number of halogens is 1. The third-order valence-corrected chi connectivity index (χ3v) is 3.84. The van der Waals surface area contributed by atoms with E-state index in [0.717, 1.165) is 19.0 Å². The molecule has 0 bridgehead atoms. The highest BCUT2D eigenvalue weighted by Crippen LogP contribution is 2.29. The van der Waals surface area contributed by atoms with Crippen molar-refractivity contribution in [2.75, 3.05) is 25.0 Å². The Hall–Kier alpha value is -1.59. The van der Waals surface area contributed by atoms with Crippen LogP contribution in [0.25, 0.3) is 0 Å². The lowest BCUT2D eigenvalue weighted by molar-refractivity contribution is -0.117. The number of anilines is 1. The highest BCUT2D eigenvalue weighted by Gasteiger charge is 2.24. The molecule has 1 aliphatic carbocycles. The van der Waals surface area contributed by atoms with Gasteiger partial charge in [-0.05, 0) is 43.5 Å². The minimum Gasteiger partial charge on any atom is -0.478 e. The first kappa shape index (κ1) is 15.8. The maximum Gasteiger partial charge on any atom is 0.335 e. The van der Waals surface area contributed by atoms with Crippen molar-refractivity contribution in [3.8, 4) is 0 Å². The number of amides is 1. The predicted molar refractivity (Wildman–Crippen MR) is 81.9 cm³/mol. The number of carbonyl (C=O) groups is 2. The van der Waals surface area contributed by atoms with E-state index in [1.54, 1.807) is 0 Å². The van der Waals surface area contributed by atoms with Crippen LogP contribution in [0, 0.1) is 5.92 Å². The third-order valence-electron chi connectivity index (χ3n) is 3.52. The van der Waals surface area contributed by atoms with Crippen LogP contribution < -0.4 is 5.32 Å². The second kappa shape index (κ2) is 6.91. The maximum atomic E-state index is 12.1. The number of aromatic carboxylic acids is 1. The van der Waals surface area contributed by atoms with Gasteiger partial charge in [-0.1, -0.05) is 18.5 Å². The Balaban J connectivity index is 1.97. The van der Waals surface area contributed by atoms with Gasteiger partial charge >= 0.3 is 5.97 Å². The summed E-state index contributed by atoms with van der Waals surface area (Å²) in [6.45, 7) is 4.06. The summed E-state index contributed by atoms with van der Waals surface area (Å²) >= 11 is 5.99. The monoisotopic (exact) mass is 310 g/mol. The van der Waals surface area contributed by atoms with Crippen molar-refractivity contribution in [2.24, 2.45) is 5.92 Å². The Bertz CT molecular complexity index is 544. The highest BCUT2D eigenvalue weighted by molar-refractivity contribution is 6.33. The van der Waals surface area contributed by atoms with Gasteiger partial charge in [0.2, 0.25) is 5.91 Å². The van der Waals surface area contributed by atoms with Crippen molar-refractivity contribution >= 4 is 29.2 Å². The van der Waals surface area contributed by atoms with Gasteiger partial charge in [-0.15, -0.1) is 0 Å². The van der Waals surface area contributed by atoms with Crippen LogP contribution in [0.4, 0.5) is 5.69 Å². The van der Waals surface area contributed by atoms with E-state index in [1.807, 2.05) is 6.92 Å². The minimum atomic E-state index is -1.05. The number of nitrogens with zero attached hydrogens (tertiary/aromatic N) is 1. The fraction of sp³-hybridized carbons (Fsp3) is 0.467. The number of likely N-dealkylation sites (N-methyl/N-ethyl adjacent to an activating group) is 1. The van der Waals surface area contributed by atoms with Crippen LogP contribution >= 0.6 is 11.6 Å². The van der Waals surface area contributed by atoms with Crippen LogP contribution in [-0.2, 0) is 4.79 Å². The SMILES string of the molecule is CCN(CC(=O)Nc1cc(C(=O)O)ccc1Cl)CC1CC1. The molecule has 0 aliphatic heterocycles. The van der Waals surface area contributed by atoms with Gasteiger partial charge in [-0.25, -0.2) is 4.79 Å². The van der Waals surface area contributed by atoms with E-state index >= 15 is 0 Å². The molecule has 6 heteroatoms. The summed E-state index contributed by atoms with van der Waals surface area (Å²) in [5, 5.41) is 12.0. The lowest BCUT2D eigenvalue weighted by atomic mass is 10.2. The standard InChI is InChI=1S/C15H19ClN2O3/c1-2-18(8-10-3-4-10)9-14(19)17-13-7-11(15(20)21)5-6-12(13)16/h5-7,10H,2-4,8-9H2,1H3,(H,17,19)(H,20,21). The van der Waals surface area contributed by atoms with Gasteiger partial charge in [0.1, 0.15) is 0 Å². The number of nitrogens with one attached hydrogen (secondary N) is 1. The quantitative estimate of drug-likeness (QED) is 0.812. The van der Waals surface area contributed by atoms with Gasteiger partial charge in [0.15, 0.2) is 0 Å². The van der Waals surface area contributed by atoms with Crippen LogP contribution in [0.2, 0.25) is 5.02 Å². The molecule has 0 aromatic heterocycles. The molecule has 0 atom stereocenters. The van der Waals surface area contributed by atoms with Gasteiger partial charge in [0.05, 0.1) is 22.8 Å². The largest absolute Gasteiger partial charge is 0.478 e. The molecule has 1 aromatic carbocycles. The molecule has 2 rings (SSSR count). The topological polar surface area (TPSA) is 69.6 Å². The average Bonchev–Trinajstić information content (AvgIpc) is 3.24. The number of carboxylic acid groups (broad SMARTS) is 1. The first-order valence-electron chi connectivity index (χ1n) is 7.04. The van der Waals surface area contributed by atoms with Gasteiger partial charge < -0.3 is 10.4 Å². The van der Waals surface area contributed by atoms with E-state index in [9.17, 15) is 9.59 Å². The summed E-state index contributed by atoms with van der Waals surface area (Å²) in [6.07, 6.45) is 2.48. The number of carboxylic acids is 1. The Morgan fingerprint density at radius 2 is 2.14 bits per heavy atom. The second-order valence-electron chi connectivity index (χ2n) is 5.32. The number of benzene rings is 1. The molecule has 1 aliphatic rings. The molecule has 0 radical (unpaired) electrons. The second-order valence-corrected chi connectivity index (χ2v) is 5.73. The van der Waals surface area contributed by atoms with Crippen LogP contribution in [-0.4, -0.2) is 41.5 Å². The average molecular weight is 311 g/mol. The van der Waals surface area contributed by atoms with Crippen molar-refractivity contribution in [1.29, 1.82) is 0 Å². The zero-order valence-electron chi connectivity index (χ0n) is 11.9. The Morgan fingerprint density at radius 1 is 1.43 bits per heavy atom. The molecule has 0 heterocycles. The van der Waals surface area contributed by atoms with Crippen molar-refractivity contribution in [3.05, 3.63) is 28.8 Å². The van der Waals surface area contributed by atoms with Crippen LogP contribution in [0.3, 0.4) is 0 Å². The minimum absolute atomic E-state index is 0.0972. The smallest absolute Gasteiger partial charge is 0.335 e. The van der Waals surface area contributed by atoms with E-state index in [1.165, 1.54) is 31.0 Å². The van der Waals surface area contributed by atoms with Gasteiger partial charge in [-0.3, -0.25) is 9.69 Å². The zero-order chi connectivity index (χ0) is 15.4. The normalized spacial score (nSPS) is 14.2. The molecule has 1 amide bonds. The fourth-order valence-corrected chi connectivity index (χ4v) is 2.28. The molecule has 114 valence electrons. The van der Waals surface area contributed by atoms with E-state index in [-0.39, 0.29) is 11.5 Å². The first-order chi connectivity index (χ1) is 9.99. The number of hydrogen-bond acceptors (Lipinski definition) is 3. The van der Waals surface area contributed by atoms with Crippen LogP contribution in [0.15, 0.2) is 18.2 Å². The van der Waals surface area contributed by atoms with Gasteiger partial charge in [-0.2, -0.15) is 0 Å². The molecule has 1 fully saturated rings. The first-order valence-corrected chi connectivity index (χ1v) is 7.42. The van der Waals surface area contributed by atoms with Crippen molar-refractivity contribution in [2.45, 2.75) is 19.8 Å². The molecule has 0 saturated heterocycles. The number of hydrogen-bond donors (Lipinski definition) is 2. The van der Waals surface area contributed by atoms with Crippen LogP contribution in [0.5, 0.6) is 0 Å². The van der Waals surface area contributed by atoms with Crippen molar-refractivity contribution < 1.29 is 14.7 Å². The van der Waals surface area contributed by atoms with E-state index in [4.69, 9.17) is 16.7 Å². The van der Waals surface area contributed by atoms with Crippen molar-refractivity contribution in [3.63, 3.8) is 0 Å². The summed E-state index contributed by atoms with van der Waals surface area (Å²) in [4.78, 5) is 25.1. The zero-order valence-corrected chi connectivity index (χ0v) is 12.7. The lowest BCUT2D eigenvalue weighted by Crippen LogP contribution is -2.34. The van der Waals surface area contributed by atoms with Gasteiger partial charge in [0, 0.05) is 6.54 Å².